The largest absolute Gasteiger partial charge is 0.756 e. The third-order valence-corrected chi connectivity index (χ3v) is 14.2. The average Bonchev–Trinajstić information content (AvgIpc) is 3.32. The minimum Gasteiger partial charge on any atom is -0.756 e. The van der Waals surface area contributed by atoms with E-state index in [4.69, 9.17) is 9.05 Å². The van der Waals surface area contributed by atoms with E-state index in [1.54, 1.807) is 0 Å². The minimum atomic E-state index is -4.57. The van der Waals surface area contributed by atoms with E-state index in [-0.39, 0.29) is 19.1 Å². The maximum atomic E-state index is 13.0. The Kier molecular flexibility index (Phi) is 50.7. The fourth-order valence-corrected chi connectivity index (χ4v) is 9.38. The van der Waals surface area contributed by atoms with Gasteiger partial charge in [0.15, 0.2) is 0 Å². The third kappa shape index (κ3) is 54.0. The standard InChI is InChI=1S/C61H115N2O6P/c1-6-8-10-12-14-16-18-20-22-24-25-26-27-28-29-30-31-32-33-34-35-36-37-39-41-43-45-47-49-51-53-55-61(65)62-59(58-69-70(66,67)68-57-56-63(3,4)5)60(64)54-52-50-48-46-44-42-40-38-23-21-19-17-15-13-11-9-7-2/h8,10,14,16,20,22,25-26,28-29,59-60,64H,6-7,9,11-13,15,17-19,21,23-24,27,30-58H2,1-5H3,(H-,62,65,66,67)/b10-8-,16-14-,22-20-,26-25-,29-28-. The number of likely N-dealkylation sites (N-methyl/N-ethyl adjacent to an activating group) is 1. The molecule has 70 heavy (non-hydrogen) atoms. The molecule has 0 aromatic rings. The van der Waals surface area contributed by atoms with Crippen LogP contribution in [0.3, 0.4) is 0 Å². The highest BCUT2D eigenvalue weighted by Gasteiger charge is 2.24. The monoisotopic (exact) mass is 1000 g/mol. The first kappa shape index (κ1) is 68.2. The maximum Gasteiger partial charge on any atom is 0.268 e. The van der Waals surface area contributed by atoms with Crippen LogP contribution in [0.25, 0.3) is 0 Å². The number of allylic oxidation sites excluding steroid dienone is 10. The number of carbonyl (C=O) groups excluding carboxylic acids is 1. The van der Waals surface area contributed by atoms with Crippen LogP contribution in [0.4, 0.5) is 0 Å². The molecule has 0 spiro atoms. The molecule has 410 valence electrons. The van der Waals surface area contributed by atoms with Gasteiger partial charge in [-0.25, -0.2) is 0 Å². The first-order chi connectivity index (χ1) is 34.0. The van der Waals surface area contributed by atoms with Gasteiger partial charge in [-0.2, -0.15) is 0 Å². The van der Waals surface area contributed by atoms with E-state index < -0.39 is 20.0 Å². The third-order valence-electron chi connectivity index (χ3n) is 13.3. The Labute approximate surface area is 434 Å². The second kappa shape index (κ2) is 52.1. The molecule has 0 fully saturated rings. The van der Waals surface area contributed by atoms with Gasteiger partial charge in [0, 0.05) is 6.42 Å². The Morgan fingerprint density at radius 1 is 0.514 bits per heavy atom. The minimum absolute atomic E-state index is 0.0117. The fourth-order valence-electron chi connectivity index (χ4n) is 8.66. The topological polar surface area (TPSA) is 108 Å². The molecule has 0 aliphatic rings. The summed E-state index contributed by atoms with van der Waals surface area (Å²) in [6.07, 6.45) is 69.7. The number of phosphoric acid groups is 1. The van der Waals surface area contributed by atoms with Crippen LogP contribution in [0.2, 0.25) is 0 Å². The van der Waals surface area contributed by atoms with Crippen molar-refractivity contribution in [1.29, 1.82) is 0 Å². The normalized spacial score (nSPS) is 14.3. The number of aliphatic hydroxyl groups is 1. The van der Waals surface area contributed by atoms with Gasteiger partial charge < -0.3 is 28.8 Å². The number of amides is 1. The Morgan fingerprint density at radius 3 is 1.27 bits per heavy atom. The van der Waals surface area contributed by atoms with E-state index >= 15 is 0 Å². The number of aliphatic hydroxyl groups excluding tert-OH is 1. The number of rotatable bonds is 54. The van der Waals surface area contributed by atoms with E-state index in [1.165, 1.54) is 173 Å². The summed E-state index contributed by atoms with van der Waals surface area (Å²) in [5.74, 6) is -0.164. The van der Waals surface area contributed by atoms with Gasteiger partial charge in [0.1, 0.15) is 13.2 Å². The zero-order valence-corrected chi connectivity index (χ0v) is 47.6. The summed E-state index contributed by atoms with van der Waals surface area (Å²) in [7, 11) is 1.31. The summed E-state index contributed by atoms with van der Waals surface area (Å²) in [5.41, 5.74) is 0. The molecule has 0 aromatic heterocycles. The molecule has 2 N–H and O–H groups in total. The van der Waals surface area contributed by atoms with Gasteiger partial charge in [-0.3, -0.25) is 9.36 Å². The summed E-state index contributed by atoms with van der Waals surface area (Å²) in [4.78, 5) is 25.5. The van der Waals surface area contributed by atoms with Crippen molar-refractivity contribution in [2.75, 3.05) is 40.9 Å². The summed E-state index contributed by atoms with van der Waals surface area (Å²) < 4.78 is 23.4. The van der Waals surface area contributed by atoms with Crippen LogP contribution in [-0.4, -0.2) is 68.5 Å². The van der Waals surface area contributed by atoms with Gasteiger partial charge in [-0.1, -0.05) is 267 Å². The molecule has 3 unspecified atom stereocenters. The predicted molar refractivity (Wildman–Crippen MR) is 302 cm³/mol. The lowest BCUT2D eigenvalue weighted by molar-refractivity contribution is -0.870. The molecule has 3 atom stereocenters. The van der Waals surface area contributed by atoms with Crippen LogP contribution in [0.1, 0.15) is 271 Å². The van der Waals surface area contributed by atoms with Crippen molar-refractivity contribution >= 4 is 13.7 Å². The molecule has 0 radical (unpaired) electrons. The van der Waals surface area contributed by atoms with Crippen LogP contribution in [-0.2, 0) is 18.4 Å². The molecule has 0 saturated carbocycles. The fraction of sp³-hybridized carbons (Fsp3) is 0.820. The molecular formula is C61H115N2O6P. The van der Waals surface area contributed by atoms with E-state index in [2.05, 4.69) is 79.9 Å². The smallest absolute Gasteiger partial charge is 0.268 e. The maximum absolute atomic E-state index is 13.0. The van der Waals surface area contributed by atoms with Gasteiger partial charge in [0.2, 0.25) is 5.91 Å². The highest BCUT2D eigenvalue weighted by molar-refractivity contribution is 7.45. The van der Waals surface area contributed by atoms with Crippen LogP contribution >= 0.6 is 7.82 Å². The number of carbonyl (C=O) groups is 1. The molecule has 0 aromatic carbocycles. The Morgan fingerprint density at radius 2 is 0.871 bits per heavy atom. The van der Waals surface area contributed by atoms with Gasteiger partial charge in [-0.15, -0.1) is 0 Å². The molecule has 0 aliphatic heterocycles. The van der Waals surface area contributed by atoms with E-state index in [0.29, 0.717) is 23.9 Å². The van der Waals surface area contributed by atoms with E-state index in [1.807, 2.05) is 21.1 Å². The first-order valence-corrected chi connectivity index (χ1v) is 31.1. The van der Waals surface area contributed by atoms with Crippen molar-refractivity contribution < 1.29 is 32.9 Å². The van der Waals surface area contributed by atoms with Crippen LogP contribution < -0.4 is 10.2 Å². The van der Waals surface area contributed by atoms with Crippen molar-refractivity contribution in [3.63, 3.8) is 0 Å². The summed E-state index contributed by atoms with van der Waals surface area (Å²) >= 11 is 0. The number of phosphoric ester groups is 1. The second-order valence-corrected chi connectivity index (χ2v) is 22.7. The van der Waals surface area contributed by atoms with Crippen molar-refractivity contribution in [2.45, 2.75) is 283 Å². The zero-order chi connectivity index (χ0) is 51.3. The molecule has 0 rings (SSSR count). The molecule has 0 bridgehead atoms. The molecule has 1 amide bonds. The highest BCUT2D eigenvalue weighted by atomic mass is 31.2. The van der Waals surface area contributed by atoms with Gasteiger partial charge in [0.25, 0.3) is 7.82 Å². The molecule has 9 heteroatoms. The quantitative estimate of drug-likeness (QED) is 0.0272. The lowest BCUT2D eigenvalue weighted by Gasteiger charge is -2.30. The SMILES string of the molecule is CC/C=C\C/C=C\C/C=C\C/C=C\C/C=C\CCCCCCCCCCCCCCCCCC(=O)NC(COP(=O)([O-])OCC[N+](C)(C)C)C(O)CCCCCCCCCCCCCCCCCCC. The number of hydrogen-bond donors (Lipinski definition) is 2. The van der Waals surface area contributed by atoms with Crippen LogP contribution in [0.15, 0.2) is 60.8 Å². The summed E-state index contributed by atoms with van der Waals surface area (Å²) in [5, 5.41) is 14.0. The first-order valence-electron chi connectivity index (χ1n) is 29.6. The van der Waals surface area contributed by atoms with Crippen LogP contribution in [0, 0.1) is 0 Å². The zero-order valence-electron chi connectivity index (χ0n) is 46.7. The Balaban J connectivity index is 4.08. The van der Waals surface area contributed by atoms with Crippen molar-refractivity contribution in [3.8, 4) is 0 Å². The number of unbranched alkanes of at least 4 members (excludes halogenated alkanes) is 31. The van der Waals surface area contributed by atoms with Crippen LogP contribution in [0.5, 0.6) is 0 Å². The van der Waals surface area contributed by atoms with Gasteiger partial charge >= 0.3 is 0 Å². The number of quaternary nitrogens is 1. The van der Waals surface area contributed by atoms with Gasteiger partial charge in [0.05, 0.1) is 39.9 Å². The highest BCUT2D eigenvalue weighted by Crippen LogP contribution is 2.38. The molecule has 0 aliphatic carbocycles. The molecular weight excluding hydrogens is 888 g/mol. The molecule has 8 nitrogen and oxygen atoms in total. The van der Waals surface area contributed by atoms with Crippen molar-refractivity contribution in [3.05, 3.63) is 60.8 Å². The Bertz CT molecular complexity index is 1320. The second-order valence-electron chi connectivity index (χ2n) is 21.3. The lowest BCUT2D eigenvalue weighted by atomic mass is 10.0. The van der Waals surface area contributed by atoms with Crippen molar-refractivity contribution in [2.24, 2.45) is 0 Å². The number of hydrogen-bond acceptors (Lipinski definition) is 6. The van der Waals surface area contributed by atoms with Gasteiger partial charge in [-0.05, 0) is 57.8 Å². The Hall–Kier alpha value is -1.80. The molecule has 0 heterocycles. The van der Waals surface area contributed by atoms with E-state index in [9.17, 15) is 19.4 Å². The molecule has 0 saturated heterocycles. The van der Waals surface area contributed by atoms with Crippen molar-refractivity contribution in [1.82, 2.24) is 5.32 Å². The average molecular weight is 1000 g/mol. The van der Waals surface area contributed by atoms with E-state index in [0.717, 1.165) is 70.6 Å². The summed E-state index contributed by atoms with van der Waals surface area (Å²) in [6, 6.07) is -0.802. The number of nitrogens with one attached hydrogen (secondary N) is 1. The lowest BCUT2D eigenvalue weighted by Crippen LogP contribution is -2.46. The summed E-state index contributed by atoms with van der Waals surface area (Å²) in [6.45, 7) is 4.63. The predicted octanol–water partition coefficient (Wildman–Crippen LogP) is 17.5. The number of nitrogens with zero attached hydrogens (tertiary/aromatic N) is 1.